The van der Waals surface area contributed by atoms with E-state index in [0.717, 1.165) is 21.9 Å². The Morgan fingerprint density at radius 1 is 1.44 bits per heavy atom. The molecule has 2 rings (SSSR count). The zero-order chi connectivity index (χ0) is 11.7. The van der Waals surface area contributed by atoms with Crippen molar-refractivity contribution in [2.45, 2.75) is 6.92 Å². The molecule has 0 N–H and O–H groups in total. The van der Waals surface area contributed by atoms with Gasteiger partial charge in [0, 0.05) is 27.9 Å². The van der Waals surface area contributed by atoms with Crippen LogP contribution in [0, 0.1) is 12.7 Å². The Labute approximate surface area is 106 Å². The number of benzene rings is 1. The van der Waals surface area contributed by atoms with Crippen molar-refractivity contribution < 1.29 is 8.57 Å². The lowest BCUT2D eigenvalue weighted by Gasteiger charge is -2.08. The van der Waals surface area contributed by atoms with E-state index in [2.05, 4.69) is 20.9 Å². The number of aryl methyl sites for hydroxylation is 1. The molecule has 2 nitrogen and oxygen atoms in total. The van der Waals surface area contributed by atoms with Crippen LogP contribution in [0.3, 0.4) is 0 Å². The molecule has 84 valence electrons. The van der Waals surface area contributed by atoms with Crippen molar-refractivity contribution in [3.8, 4) is 5.75 Å². The number of hydrogen-bond acceptors (Lipinski definition) is 3. The molecule has 0 aliphatic carbocycles. The van der Waals surface area contributed by atoms with E-state index in [4.69, 9.17) is 4.18 Å². The predicted molar refractivity (Wildman–Crippen MR) is 68.3 cm³/mol. The fourth-order valence-corrected chi connectivity index (χ4v) is 2.17. The largest absolute Gasteiger partial charge is 0.423 e. The number of rotatable bonds is 2. The molecular formula is C11H9BrFNOS. The van der Waals surface area contributed by atoms with Gasteiger partial charge in [-0.2, -0.15) is 0 Å². The standard InChI is InChI=1S/C11H9BrFNOS/c1-6-10(13)9(15-16-2)4-7-3-8(12)5-14-11(6)7/h3-5H,1-2H3. The van der Waals surface area contributed by atoms with Gasteiger partial charge in [-0.1, -0.05) is 0 Å². The van der Waals surface area contributed by atoms with Gasteiger partial charge < -0.3 is 4.18 Å². The molecule has 0 aliphatic rings. The minimum Gasteiger partial charge on any atom is -0.423 e. The molecule has 0 saturated carbocycles. The van der Waals surface area contributed by atoms with Crippen molar-refractivity contribution in [2.24, 2.45) is 0 Å². The van der Waals surface area contributed by atoms with Crippen LogP contribution in [0.2, 0.25) is 0 Å². The van der Waals surface area contributed by atoms with Gasteiger partial charge in [-0.15, -0.1) is 0 Å². The number of aromatic nitrogens is 1. The maximum Gasteiger partial charge on any atom is 0.173 e. The summed E-state index contributed by atoms with van der Waals surface area (Å²) in [7, 11) is 0. The molecule has 0 fully saturated rings. The highest BCUT2D eigenvalue weighted by Gasteiger charge is 2.12. The molecule has 0 bridgehead atoms. The van der Waals surface area contributed by atoms with E-state index in [-0.39, 0.29) is 11.6 Å². The molecule has 1 aromatic carbocycles. The summed E-state index contributed by atoms with van der Waals surface area (Å²) < 4.78 is 19.9. The van der Waals surface area contributed by atoms with Crippen LogP contribution in [-0.4, -0.2) is 11.2 Å². The van der Waals surface area contributed by atoms with Crippen molar-refractivity contribution in [3.05, 3.63) is 34.2 Å². The van der Waals surface area contributed by atoms with Crippen LogP contribution in [0.25, 0.3) is 10.9 Å². The lowest BCUT2D eigenvalue weighted by Crippen LogP contribution is -1.93. The zero-order valence-electron chi connectivity index (χ0n) is 8.75. The van der Waals surface area contributed by atoms with Gasteiger partial charge in [0.2, 0.25) is 0 Å². The Hall–Kier alpha value is -0.810. The Kier molecular flexibility index (Phi) is 3.35. The number of fused-ring (bicyclic) bond motifs is 1. The van der Waals surface area contributed by atoms with Crippen molar-refractivity contribution in [1.29, 1.82) is 0 Å². The third kappa shape index (κ3) is 2.01. The van der Waals surface area contributed by atoms with Gasteiger partial charge in [-0.05, 0) is 35.0 Å². The fraction of sp³-hybridized carbons (Fsp3) is 0.182. The molecule has 0 saturated heterocycles. The molecule has 0 amide bonds. The highest BCUT2D eigenvalue weighted by atomic mass is 79.9. The number of hydrogen-bond donors (Lipinski definition) is 0. The third-order valence-electron chi connectivity index (χ3n) is 2.24. The van der Waals surface area contributed by atoms with Crippen LogP contribution in [0.4, 0.5) is 4.39 Å². The average molecular weight is 302 g/mol. The maximum atomic E-state index is 13.8. The number of halogens is 2. The zero-order valence-corrected chi connectivity index (χ0v) is 11.2. The lowest BCUT2D eigenvalue weighted by molar-refractivity contribution is 0.540. The maximum absolute atomic E-state index is 13.8. The van der Waals surface area contributed by atoms with Crippen LogP contribution >= 0.6 is 28.0 Å². The van der Waals surface area contributed by atoms with Gasteiger partial charge in [-0.25, -0.2) is 4.39 Å². The highest BCUT2D eigenvalue weighted by molar-refractivity contribution is 9.10. The van der Waals surface area contributed by atoms with E-state index < -0.39 is 0 Å². The van der Waals surface area contributed by atoms with Crippen molar-refractivity contribution >= 4 is 38.9 Å². The van der Waals surface area contributed by atoms with Crippen LogP contribution < -0.4 is 4.18 Å². The summed E-state index contributed by atoms with van der Waals surface area (Å²) in [6.45, 7) is 1.70. The van der Waals surface area contributed by atoms with Crippen LogP contribution in [-0.2, 0) is 0 Å². The molecule has 5 heteroatoms. The van der Waals surface area contributed by atoms with Crippen LogP contribution in [0.5, 0.6) is 5.75 Å². The molecule has 0 spiro atoms. The summed E-state index contributed by atoms with van der Waals surface area (Å²) in [6, 6.07) is 3.55. The first kappa shape index (κ1) is 11.7. The Bertz CT molecular complexity index is 547. The minimum absolute atomic E-state index is 0.248. The first-order valence-corrected chi connectivity index (χ1v) is 6.53. The quantitative estimate of drug-likeness (QED) is 0.780. The van der Waals surface area contributed by atoms with E-state index in [1.165, 1.54) is 0 Å². The monoisotopic (exact) mass is 301 g/mol. The van der Waals surface area contributed by atoms with E-state index in [9.17, 15) is 4.39 Å². The third-order valence-corrected chi connectivity index (χ3v) is 3.02. The summed E-state index contributed by atoms with van der Waals surface area (Å²) in [4.78, 5) is 4.19. The number of pyridine rings is 1. The Balaban J connectivity index is 2.72. The minimum atomic E-state index is -0.350. The molecule has 0 unspecified atom stereocenters. The summed E-state index contributed by atoms with van der Waals surface area (Å²) in [6.07, 6.45) is 3.40. The predicted octanol–water partition coefficient (Wildman–Crippen LogP) is 4.10. The molecule has 0 radical (unpaired) electrons. The van der Waals surface area contributed by atoms with Gasteiger partial charge in [0.1, 0.15) is 0 Å². The molecule has 0 atom stereocenters. The number of nitrogens with zero attached hydrogens (tertiary/aromatic N) is 1. The van der Waals surface area contributed by atoms with Gasteiger partial charge >= 0.3 is 0 Å². The first-order chi connectivity index (χ1) is 7.63. The summed E-state index contributed by atoms with van der Waals surface area (Å²) in [5, 5.41) is 0.859. The van der Waals surface area contributed by atoms with E-state index in [1.807, 2.05) is 6.07 Å². The van der Waals surface area contributed by atoms with E-state index in [1.54, 1.807) is 25.4 Å². The second-order valence-corrected chi connectivity index (χ2v) is 4.70. The Morgan fingerprint density at radius 2 is 2.19 bits per heavy atom. The molecule has 2 aromatic rings. The highest BCUT2D eigenvalue weighted by Crippen LogP contribution is 2.30. The van der Waals surface area contributed by atoms with Crippen LogP contribution in [0.15, 0.2) is 22.8 Å². The topological polar surface area (TPSA) is 22.1 Å². The normalized spacial score (nSPS) is 10.8. The fourth-order valence-electron chi connectivity index (χ4n) is 1.52. The van der Waals surface area contributed by atoms with Crippen molar-refractivity contribution in [3.63, 3.8) is 0 Å². The smallest absolute Gasteiger partial charge is 0.173 e. The van der Waals surface area contributed by atoms with Gasteiger partial charge in [0.05, 0.1) is 17.6 Å². The van der Waals surface area contributed by atoms with Gasteiger partial charge in [0.25, 0.3) is 0 Å². The summed E-state index contributed by atoms with van der Waals surface area (Å²) in [5.41, 5.74) is 1.17. The van der Waals surface area contributed by atoms with Crippen molar-refractivity contribution in [2.75, 3.05) is 6.26 Å². The molecule has 1 aromatic heterocycles. The average Bonchev–Trinajstić information content (AvgIpc) is 2.25. The second-order valence-electron chi connectivity index (χ2n) is 3.29. The molecule has 0 aliphatic heterocycles. The summed E-state index contributed by atoms with van der Waals surface area (Å²) >= 11 is 4.45. The lowest BCUT2D eigenvalue weighted by atomic mass is 10.1. The van der Waals surface area contributed by atoms with Crippen molar-refractivity contribution in [1.82, 2.24) is 4.98 Å². The summed E-state index contributed by atoms with van der Waals surface area (Å²) in [5.74, 6) is -0.103. The second kappa shape index (κ2) is 4.59. The Morgan fingerprint density at radius 3 is 2.88 bits per heavy atom. The molecule has 16 heavy (non-hydrogen) atoms. The van der Waals surface area contributed by atoms with Crippen LogP contribution in [0.1, 0.15) is 5.56 Å². The van der Waals surface area contributed by atoms with E-state index in [0.29, 0.717) is 11.1 Å². The van der Waals surface area contributed by atoms with E-state index >= 15 is 0 Å². The SMILES string of the molecule is CSOc1cc2cc(Br)cnc2c(C)c1F. The molecular weight excluding hydrogens is 293 g/mol. The molecule has 1 heterocycles. The van der Waals surface area contributed by atoms with Gasteiger partial charge in [0.15, 0.2) is 11.6 Å². The van der Waals surface area contributed by atoms with Gasteiger partial charge in [-0.3, -0.25) is 4.98 Å². The first-order valence-electron chi connectivity index (χ1n) is 4.58.